The third-order valence-corrected chi connectivity index (χ3v) is 7.49. The maximum Gasteiger partial charge on any atom is 0.391 e. The Morgan fingerprint density at radius 2 is 1.68 bits per heavy atom. The summed E-state index contributed by atoms with van der Waals surface area (Å²) in [7, 11) is 0. The van der Waals surface area contributed by atoms with Crippen LogP contribution in [0, 0.1) is 11.8 Å². The molecule has 40 heavy (non-hydrogen) atoms. The van der Waals surface area contributed by atoms with Gasteiger partial charge in [-0.25, -0.2) is 0 Å². The highest BCUT2D eigenvalue weighted by atomic mass is 35.5. The Bertz CT molecular complexity index is 1300. The summed E-state index contributed by atoms with van der Waals surface area (Å²) in [6.07, 6.45) is -2.24. The van der Waals surface area contributed by atoms with E-state index >= 15 is 0 Å². The fraction of sp³-hybridized carbons (Fsp3) is 0.414. The Kier molecular flexibility index (Phi) is 9.08. The average molecular weight is 577 g/mol. The monoisotopic (exact) mass is 576 g/mol. The molecule has 0 spiro atoms. The van der Waals surface area contributed by atoms with E-state index in [9.17, 15) is 27.6 Å². The van der Waals surface area contributed by atoms with E-state index in [4.69, 9.17) is 11.6 Å². The van der Waals surface area contributed by atoms with Crippen molar-refractivity contribution < 1.29 is 27.6 Å². The lowest BCUT2D eigenvalue weighted by molar-refractivity contribution is -0.179. The van der Waals surface area contributed by atoms with Crippen molar-refractivity contribution in [3.63, 3.8) is 0 Å². The maximum atomic E-state index is 13.2. The van der Waals surface area contributed by atoms with Crippen molar-refractivity contribution in [1.82, 2.24) is 10.6 Å². The lowest BCUT2D eigenvalue weighted by Gasteiger charge is -2.35. The van der Waals surface area contributed by atoms with Crippen molar-refractivity contribution in [3.8, 4) is 0 Å². The van der Waals surface area contributed by atoms with E-state index in [0.29, 0.717) is 35.0 Å². The van der Waals surface area contributed by atoms with E-state index < -0.39 is 18.0 Å². The first-order valence-electron chi connectivity index (χ1n) is 13.2. The molecule has 3 N–H and O–H groups in total. The van der Waals surface area contributed by atoms with Crippen molar-refractivity contribution in [2.45, 2.75) is 45.3 Å². The molecule has 0 bridgehead atoms. The van der Waals surface area contributed by atoms with Crippen LogP contribution in [0.15, 0.2) is 48.6 Å². The Labute approximate surface area is 236 Å². The molecule has 2 aliphatic rings. The molecule has 1 saturated heterocycles. The SMILES string of the molecule is C=C(C)C(=O)NCc1ccc(Cl)c(C(=O)Nc2ccc(N3CCC(C(F)(F)F)CC3)c(C(=O)NCC3CC3)c2)c1. The molecule has 7 nitrogen and oxygen atoms in total. The van der Waals surface area contributed by atoms with Crippen LogP contribution in [-0.2, 0) is 11.3 Å². The number of carbonyl (C=O) groups excluding carboxylic acids is 3. The van der Waals surface area contributed by atoms with E-state index in [1.54, 1.807) is 42.2 Å². The zero-order valence-electron chi connectivity index (χ0n) is 22.2. The molecule has 4 rings (SSSR count). The zero-order valence-corrected chi connectivity index (χ0v) is 22.9. The lowest BCUT2D eigenvalue weighted by atomic mass is 9.95. The number of nitrogens with zero attached hydrogens (tertiary/aromatic N) is 1. The van der Waals surface area contributed by atoms with E-state index in [-0.39, 0.29) is 60.4 Å². The molecule has 0 radical (unpaired) electrons. The van der Waals surface area contributed by atoms with Crippen molar-refractivity contribution in [2.24, 2.45) is 11.8 Å². The second kappa shape index (κ2) is 12.3. The van der Waals surface area contributed by atoms with Crippen LogP contribution in [0.25, 0.3) is 0 Å². The topological polar surface area (TPSA) is 90.5 Å². The van der Waals surface area contributed by atoms with E-state index in [1.165, 1.54) is 6.07 Å². The summed E-state index contributed by atoms with van der Waals surface area (Å²) in [6, 6.07) is 9.63. The number of carbonyl (C=O) groups is 3. The minimum absolute atomic E-state index is 0.0488. The predicted octanol–water partition coefficient (Wildman–Crippen LogP) is 5.70. The van der Waals surface area contributed by atoms with E-state index in [0.717, 1.165) is 12.8 Å². The van der Waals surface area contributed by atoms with Gasteiger partial charge in [-0.1, -0.05) is 24.2 Å². The van der Waals surface area contributed by atoms with Crippen LogP contribution in [-0.4, -0.2) is 43.5 Å². The molecule has 3 amide bonds. The van der Waals surface area contributed by atoms with Crippen LogP contribution in [0.3, 0.4) is 0 Å². The summed E-state index contributed by atoms with van der Waals surface area (Å²) < 4.78 is 39.6. The van der Waals surface area contributed by atoms with Gasteiger partial charge in [-0.15, -0.1) is 0 Å². The number of hydrogen-bond acceptors (Lipinski definition) is 4. The molecule has 1 aliphatic carbocycles. The molecular weight excluding hydrogens is 545 g/mol. The second-order valence-electron chi connectivity index (χ2n) is 10.4. The van der Waals surface area contributed by atoms with E-state index in [2.05, 4.69) is 22.5 Å². The zero-order chi connectivity index (χ0) is 29.0. The van der Waals surface area contributed by atoms with Gasteiger partial charge >= 0.3 is 6.18 Å². The predicted molar refractivity (Wildman–Crippen MR) is 149 cm³/mol. The summed E-state index contributed by atoms with van der Waals surface area (Å²) in [4.78, 5) is 39.9. The molecule has 0 atom stereocenters. The summed E-state index contributed by atoms with van der Waals surface area (Å²) in [6.45, 7) is 6.22. The minimum Gasteiger partial charge on any atom is -0.371 e. The Morgan fingerprint density at radius 3 is 2.30 bits per heavy atom. The first-order valence-corrected chi connectivity index (χ1v) is 13.6. The summed E-state index contributed by atoms with van der Waals surface area (Å²) >= 11 is 6.29. The highest BCUT2D eigenvalue weighted by Gasteiger charge is 2.41. The van der Waals surface area contributed by atoms with Crippen molar-refractivity contribution >= 4 is 40.7 Å². The first kappa shape index (κ1) is 29.5. The number of nitrogens with one attached hydrogen (secondary N) is 3. The van der Waals surface area contributed by atoms with Gasteiger partial charge in [-0.2, -0.15) is 13.2 Å². The van der Waals surface area contributed by atoms with Crippen molar-refractivity contribution in [2.75, 3.05) is 29.9 Å². The highest BCUT2D eigenvalue weighted by molar-refractivity contribution is 6.34. The van der Waals surface area contributed by atoms with Gasteiger partial charge in [-0.05, 0) is 74.4 Å². The van der Waals surface area contributed by atoms with Gasteiger partial charge in [0.25, 0.3) is 11.8 Å². The number of alkyl halides is 3. The van der Waals surface area contributed by atoms with Gasteiger partial charge in [0.15, 0.2) is 0 Å². The first-order chi connectivity index (χ1) is 18.9. The molecule has 214 valence electrons. The molecule has 2 aromatic rings. The number of rotatable bonds is 9. The normalized spacial score (nSPS) is 15.9. The summed E-state index contributed by atoms with van der Waals surface area (Å²) in [5.41, 5.74) is 2.35. The van der Waals surface area contributed by atoms with Crippen molar-refractivity contribution in [1.29, 1.82) is 0 Å². The van der Waals surface area contributed by atoms with Crippen molar-refractivity contribution in [3.05, 3.63) is 70.3 Å². The molecule has 1 saturated carbocycles. The van der Waals surface area contributed by atoms with Gasteiger partial charge in [-0.3, -0.25) is 14.4 Å². The number of benzene rings is 2. The number of anilines is 2. The van der Waals surface area contributed by atoms with Gasteiger partial charge in [0.2, 0.25) is 5.91 Å². The maximum absolute atomic E-state index is 13.2. The second-order valence-corrected chi connectivity index (χ2v) is 10.8. The van der Waals surface area contributed by atoms with Gasteiger partial charge < -0.3 is 20.9 Å². The summed E-state index contributed by atoms with van der Waals surface area (Å²) in [5, 5.41) is 8.59. The van der Waals surface area contributed by atoms with Crippen LogP contribution >= 0.6 is 11.6 Å². The Balaban J connectivity index is 1.52. The molecule has 2 aromatic carbocycles. The smallest absolute Gasteiger partial charge is 0.371 e. The lowest BCUT2D eigenvalue weighted by Crippen LogP contribution is -2.40. The summed E-state index contributed by atoms with van der Waals surface area (Å²) in [5.74, 6) is -2.09. The van der Waals surface area contributed by atoms with Gasteiger partial charge in [0.05, 0.1) is 22.1 Å². The molecule has 1 heterocycles. The minimum atomic E-state index is -4.24. The number of halogens is 4. The standard InChI is InChI=1S/C29H32ClF3N4O3/c1-17(2)26(38)34-16-19-5-7-24(30)22(13-19)28(40)36-21-6-8-25(23(14-21)27(39)35-15-18-3-4-18)37-11-9-20(10-12-37)29(31,32)33/h5-8,13-14,18,20H,1,3-4,9-12,15-16H2,2H3,(H,34,38)(H,35,39)(H,36,40). The highest BCUT2D eigenvalue weighted by Crippen LogP contribution is 2.37. The quantitative estimate of drug-likeness (QED) is 0.334. The fourth-order valence-electron chi connectivity index (χ4n) is 4.56. The number of hydrogen-bond donors (Lipinski definition) is 3. The van der Waals surface area contributed by atoms with Gasteiger partial charge in [0.1, 0.15) is 0 Å². The molecule has 0 unspecified atom stereocenters. The third-order valence-electron chi connectivity index (χ3n) is 7.16. The number of piperidine rings is 1. The van der Waals surface area contributed by atoms with Crippen LogP contribution in [0.2, 0.25) is 5.02 Å². The molecule has 1 aliphatic heterocycles. The molecule has 2 fully saturated rings. The third kappa shape index (κ3) is 7.56. The van der Waals surface area contributed by atoms with E-state index in [1.807, 2.05) is 0 Å². The van der Waals surface area contributed by atoms with Crippen LogP contribution in [0.4, 0.5) is 24.5 Å². The van der Waals surface area contributed by atoms with Crippen LogP contribution in [0.1, 0.15) is 58.9 Å². The van der Waals surface area contributed by atoms with Crippen LogP contribution < -0.4 is 20.9 Å². The van der Waals surface area contributed by atoms with Crippen LogP contribution in [0.5, 0.6) is 0 Å². The molecular formula is C29H32ClF3N4O3. The average Bonchev–Trinajstić information content (AvgIpc) is 3.75. The van der Waals surface area contributed by atoms with Gasteiger partial charge in [0, 0.05) is 43.1 Å². The Hall–Kier alpha value is -3.53. The number of amides is 3. The Morgan fingerprint density at radius 1 is 0.975 bits per heavy atom. The largest absolute Gasteiger partial charge is 0.391 e. The molecule has 11 heteroatoms. The molecule has 0 aromatic heterocycles. The fourth-order valence-corrected chi connectivity index (χ4v) is 4.76.